The first kappa shape index (κ1) is 23.5. The van der Waals surface area contributed by atoms with Gasteiger partial charge in [-0.15, -0.1) is 0 Å². The number of carbonyl (C=O) groups excluding carboxylic acids is 1. The van der Waals surface area contributed by atoms with E-state index >= 15 is 0 Å². The first-order chi connectivity index (χ1) is 13.3. The molecule has 0 aliphatic rings. The van der Waals surface area contributed by atoms with Crippen molar-refractivity contribution in [1.29, 1.82) is 0 Å². The van der Waals surface area contributed by atoms with Crippen LogP contribution in [0, 0.1) is 0 Å². The van der Waals surface area contributed by atoms with Gasteiger partial charge < -0.3 is 0 Å². The Morgan fingerprint density at radius 1 is 0.433 bits per heavy atom. The van der Waals surface area contributed by atoms with Crippen LogP contribution in [-0.4, -0.2) is 5.78 Å². The van der Waals surface area contributed by atoms with E-state index in [1.807, 2.05) is 0 Å². The molecule has 0 N–H and O–H groups in total. The summed E-state index contributed by atoms with van der Waals surface area (Å²) in [6, 6.07) is -1.06. The van der Waals surface area contributed by atoms with Gasteiger partial charge in [0.2, 0.25) is 0 Å². The average molecular weight is 454 g/mol. The number of hydrogen-bond donors (Lipinski definition) is 0. The molecule has 0 aliphatic heterocycles. The van der Waals surface area contributed by atoms with Crippen molar-refractivity contribution in [2.45, 2.75) is 24.7 Å². The first-order valence-electron chi connectivity index (χ1n) is 7.44. The summed E-state index contributed by atoms with van der Waals surface area (Å²) in [7, 11) is 0. The lowest BCUT2D eigenvalue weighted by Gasteiger charge is -2.16. The van der Waals surface area contributed by atoms with Crippen molar-refractivity contribution in [2.75, 3.05) is 0 Å². The zero-order chi connectivity index (χ0) is 23.3. The molecular formula is C17H6F12O. The molecule has 1 nitrogen and oxygen atoms in total. The second-order valence-corrected chi connectivity index (χ2v) is 5.92. The van der Waals surface area contributed by atoms with Gasteiger partial charge in [-0.05, 0) is 36.4 Å². The summed E-state index contributed by atoms with van der Waals surface area (Å²) in [5, 5.41) is 0. The van der Waals surface area contributed by atoms with Gasteiger partial charge >= 0.3 is 24.7 Å². The van der Waals surface area contributed by atoms with Crippen molar-refractivity contribution >= 4 is 5.78 Å². The summed E-state index contributed by atoms with van der Waals surface area (Å²) in [5.74, 6) is -1.89. The Labute approximate surface area is 158 Å². The van der Waals surface area contributed by atoms with E-state index < -0.39 is 63.9 Å². The van der Waals surface area contributed by atoms with Crippen LogP contribution >= 0.6 is 0 Å². The van der Waals surface area contributed by atoms with Crippen LogP contribution in [0.5, 0.6) is 0 Å². The highest BCUT2D eigenvalue weighted by Crippen LogP contribution is 2.39. The molecular weight excluding hydrogens is 448 g/mol. The average Bonchev–Trinajstić information content (AvgIpc) is 2.57. The van der Waals surface area contributed by atoms with Crippen molar-refractivity contribution in [3.8, 4) is 0 Å². The predicted molar refractivity (Wildman–Crippen MR) is 76.3 cm³/mol. The van der Waals surface area contributed by atoms with Crippen LogP contribution in [0.15, 0.2) is 36.4 Å². The molecule has 0 atom stereocenters. The minimum atomic E-state index is -5.37. The molecule has 0 fully saturated rings. The maximum absolute atomic E-state index is 12.9. The molecule has 13 heteroatoms. The zero-order valence-electron chi connectivity index (χ0n) is 13.9. The fraction of sp³-hybridized carbons (Fsp3) is 0.235. The van der Waals surface area contributed by atoms with Crippen LogP contribution in [0.4, 0.5) is 52.7 Å². The molecule has 0 amide bonds. The maximum atomic E-state index is 12.9. The minimum Gasteiger partial charge on any atom is -0.289 e. The first-order valence-corrected chi connectivity index (χ1v) is 7.44. The summed E-state index contributed by atoms with van der Waals surface area (Å²) in [6.07, 6.45) is -21.5. The Bertz CT molecular complexity index is 819. The highest BCUT2D eigenvalue weighted by molar-refractivity contribution is 6.09. The molecule has 0 aromatic heterocycles. The van der Waals surface area contributed by atoms with Crippen molar-refractivity contribution in [3.05, 3.63) is 69.8 Å². The van der Waals surface area contributed by atoms with Crippen LogP contribution in [-0.2, 0) is 24.7 Å². The molecule has 0 saturated heterocycles. The second kappa shape index (κ2) is 7.20. The highest BCUT2D eigenvalue weighted by atomic mass is 19.4. The van der Waals surface area contributed by atoms with E-state index in [1.54, 1.807) is 0 Å². The van der Waals surface area contributed by atoms with Gasteiger partial charge in [0, 0.05) is 11.1 Å². The van der Waals surface area contributed by atoms with Gasteiger partial charge in [0.1, 0.15) is 0 Å². The fourth-order valence-electron chi connectivity index (χ4n) is 2.34. The number of rotatable bonds is 2. The van der Waals surface area contributed by atoms with E-state index in [2.05, 4.69) is 0 Å². The van der Waals surface area contributed by atoms with Gasteiger partial charge in [0.15, 0.2) is 5.78 Å². The molecule has 0 spiro atoms. The molecule has 0 unspecified atom stereocenters. The van der Waals surface area contributed by atoms with E-state index in [0.717, 1.165) is 0 Å². The van der Waals surface area contributed by atoms with Crippen molar-refractivity contribution in [2.24, 2.45) is 0 Å². The van der Waals surface area contributed by atoms with Crippen molar-refractivity contribution < 1.29 is 57.5 Å². The second-order valence-electron chi connectivity index (χ2n) is 5.92. The molecule has 0 saturated carbocycles. The molecule has 0 heterocycles. The van der Waals surface area contributed by atoms with Crippen LogP contribution in [0.3, 0.4) is 0 Å². The Kier molecular flexibility index (Phi) is 5.65. The number of hydrogen-bond acceptors (Lipinski definition) is 1. The zero-order valence-corrected chi connectivity index (χ0v) is 13.9. The normalized spacial score (nSPS) is 13.5. The lowest BCUT2D eigenvalue weighted by molar-refractivity contribution is -0.144. The highest BCUT2D eigenvalue weighted by Gasteiger charge is 2.39. The lowest BCUT2D eigenvalue weighted by atomic mass is 9.95. The summed E-state index contributed by atoms with van der Waals surface area (Å²) in [5.41, 5.74) is -10.6. The number of benzene rings is 2. The molecule has 2 aromatic rings. The molecule has 0 radical (unpaired) electrons. The molecule has 0 bridgehead atoms. The van der Waals surface area contributed by atoms with E-state index in [9.17, 15) is 57.5 Å². The number of halogens is 12. The smallest absolute Gasteiger partial charge is 0.289 e. The lowest BCUT2D eigenvalue weighted by Crippen LogP contribution is -2.16. The van der Waals surface area contributed by atoms with E-state index in [1.165, 1.54) is 0 Å². The van der Waals surface area contributed by atoms with Crippen LogP contribution in [0.2, 0.25) is 0 Å². The van der Waals surface area contributed by atoms with E-state index in [-0.39, 0.29) is 36.4 Å². The predicted octanol–water partition coefficient (Wildman–Crippen LogP) is 6.99. The Hall–Kier alpha value is -2.73. The topological polar surface area (TPSA) is 17.1 Å². The van der Waals surface area contributed by atoms with Gasteiger partial charge in [-0.3, -0.25) is 4.79 Å². The van der Waals surface area contributed by atoms with Crippen LogP contribution in [0.1, 0.15) is 38.2 Å². The third-order valence-electron chi connectivity index (χ3n) is 3.70. The molecule has 0 aliphatic carbocycles. The molecule has 164 valence electrons. The summed E-state index contributed by atoms with van der Waals surface area (Å²) < 4.78 is 154. The van der Waals surface area contributed by atoms with E-state index in [0.29, 0.717) is 0 Å². The molecule has 2 rings (SSSR count). The van der Waals surface area contributed by atoms with Gasteiger partial charge in [-0.25, -0.2) is 0 Å². The van der Waals surface area contributed by atoms with E-state index in [4.69, 9.17) is 0 Å². The summed E-state index contributed by atoms with van der Waals surface area (Å²) in [4.78, 5) is 12.3. The summed E-state index contributed by atoms with van der Waals surface area (Å²) in [6.45, 7) is 0. The molecule has 30 heavy (non-hydrogen) atoms. The van der Waals surface area contributed by atoms with Crippen molar-refractivity contribution in [1.82, 2.24) is 0 Å². The van der Waals surface area contributed by atoms with Crippen LogP contribution in [0.25, 0.3) is 0 Å². The third-order valence-corrected chi connectivity index (χ3v) is 3.70. The van der Waals surface area contributed by atoms with Gasteiger partial charge in [0.05, 0.1) is 22.3 Å². The molecule has 2 aromatic carbocycles. The Morgan fingerprint density at radius 2 is 0.633 bits per heavy atom. The van der Waals surface area contributed by atoms with Gasteiger partial charge in [-0.1, -0.05) is 0 Å². The monoisotopic (exact) mass is 454 g/mol. The van der Waals surface area contributed by atoms with Gasteiger partial charge in [-0.2, -0.15) is 52.7 Å². The number of ketones is 1. The Balaban J connectivity index is 2.73. The van der Waals surface area contributed by atoms with Crippen LogP contribution < -0.4 is 0 Å². The summed E-state index contributed by atoms with van der Waals surface area (Å²) >= 11 is 0. The Morgan fingerprint density at radius 3 is 0.800 bits per heavy atom. The third kappa shape index (κ3) is 5.25. The number of alkyl halides is 12. The maximum Gasteiger partial charge on any atom is 0.416 e. The standard InChI is InChI=1S/C17H6F12O/c18-14(19,20)9-1-7(2-10(5-9)15(21,22)23)13(30)8-3-11(16(24,25)26)6-12(4-8)17(27,28)29/h1-6H. The minimum absolute atomic E-state index is 0.0922. The largest absolute Gasteiger partial charge is 0.416 e. The quantitative estimate of drug-likeness (QED) is 0.353. The van der Waals surface area contributed by atoms with Gasteiger partial charge in [0.25, 0.3) is 0 Å². The number of carbonyl (C=O) groups is 1. The fourth-order valence-corrected chi connectivity index (χ4v) is 2.34. The van der Waals surface area contributed by atoms with Crippen molar-refractivity contribution in [3.63, 3.8) is 0 Å². The SMILES string of the molecule is O=C(c1cc(C(F)(F)F)cc(C(F)(F)F)c1)c1cc(C(F)(F)F)cc(C(F)(F)F)c1.